The predicted octanol–water partition coefficient (Wildman–Crippen LogP) is 5.12. The molecule has 0 amide bonds. The fourth-order valence-electron chi connectivity index (χ4n) is 6.18. The summed E-state index contributed by atoms with van der Waals surface area (Å²) in [5.74, 6) is -0.0441. The van der Waals surface area contributed by atoms with Crippen LogP contribution in [0, 0.1) is 32.1 Å². The molecule has 4 rings (SSSR count). The maximum absolute atomic E-state index is 13.1. The van der Waals surface area contributed by atoms with Gasteiger partial charge in [0, 0.05) is 5.92 Å². The molecule has 2 aromatic rings. The Balaban J connectivity index is 1.91. The standard InChI is InChI=1S/C30H36O8/c1-16-9-17(2)25(18(3)10-16)22-13-20-14-30(28(31)36-7,29(32)37-8)15-21(20)26(38-22)19-11-23(33-4)27(35-6)24(12-19)34-5/h9-13,21-22,26H,14-15H2,1-8H3/t21-,22+,26-/m1/s1. The third-order valence-corrected chi connectivity index (χ3v) is 7.77. The average molecular weight is 525 g/mol. The second-order valence-corrected chi connectivity index (χ2v) is 10.0. The summed E-state index contributed by atoms with van der Waals surface area (Å²) in [5.41, 5.74) is 4.74. The summed E-state index contributed by atoms with van der Waals surface area (Å²) >= 11 is 0. The van der Waals surface area contributed by atoms with Gasteiger partial charge in [0.2, 0.25) is 5.75 Å². The second kappa shape index (κ2) is 10.7. The number of carbonyl (C=O) groups excluding carboxylic acids is 2. The Morgan fingerprint density at radius 1 is 0.842 bits per heavy atom. The summed E-state index contributed by atoms with van der Waals surface area (Å²) in [4.78, 5) is 26.1. The minimum absolute atomic E-state index is 0.193. The molecule has 1 aliphatic heterocycles. The van der Waals surface area contributed by atoms with Gasteiger partial charge in [-0.1, -0.05) is 29.3 Å². The van der Waals surface area contributed by atoms with E-state index in [4.69, 9.17) is 28.4 Å². The fourth-order valence-corrected chi connectivity index (χ4v) is 6.18. The largest absolute Gasteiger partial charge is 0.493 e. The van der Waals surface area contributed by atoms with Gasteiger partial charge < -0.3 is 28.4 Å². The summed E-state index contributed by atoms with van der Waals surface area (Å²) in [6.45, 7) is 6.20. The van der Waals surface area contributed by atoms with E-state index in [-0.39, 0.29) is 18.8 Å². The summed E-state index contributed by atoms with van der Waals surface area (Å²) < 4.78 is 33.8. The molecule has 1 aliphatic carbocycles. The van der Waals surface area contributed by atoms with Crippen LogP contribution in [0.3, 0.4) is 0 Å². The summed E-state index contributed by atoms with van der Waals surface area (Å²) in [5, 5.41) is 0. The van der Waals surface area contributed by atoms with E-state index in [0.29, 0.717) is 17.2 Å². The number of carbonyl (C=O) groups is 2. The molecule has 0 N–H and O–H groups in total. The first-order valence-corrected chi connectivity index (χ1v) is 12.5. The molecule has 8 nitrogen and oxygen atoms in total. The van der Waals surface area contributed by atoms with Crippen molar-refractivity contribution in [2.45, 2.75) is 45.8 Å². The number of ether oxygens (including phenoxy) is 6. The van der Waals surface area contributed by atoms with Crippen LogP contribution in [0.1, 0.15) is 52.9 Å². The van der Waals surface area contributed by atoms with Crippen molar-refractivity contribution in [2.75, 3.05) is 35.5 Å². The Morgan fingerprint density at radius 2 is 1.39 bits per heavy atom. The van der Waals surface area contributed by atoms with Crippen LogP contribution < -0.4 is 14.2 Å². The molecule has 2 aromatic carbocycles. The topological polar surface area (TPSA) is 89.5 Å². The summed E-state index contributed by atoms with van der Waals surface area (Å²) in [7, 11) is 7.25. The number of esters is 2. The molecule has 0 unspecified atom stereocenters. The molecule has 0 aromatic heterocycles. The van der Waals surface area contributed by atoms with Crippen LogP contribution >= 0.6 is 0 Å². The molecule has 1 heterocycles. The Bertz CT molecular complexity index is 1210. The summed E-state index contributed by atoms with van der Waals surface area (Å²) in [6, 6.07) is 7.98. The van der Waals surface area contributed by atoms with Crippen molar-refractivity contribution >= 4 is 11.9 Å². The van der Waals surface area contributed by atoms with Crippen LogP contribution in [0.2, 0.25) is 0 Å². The lowest BCUT2D eigenvalue weighted by atomic mass is 9.82. The quantitative estimate of drug-likeness (QED) is 0.280. The number of rotatable bonds is 7. The molecule has 8 heteroatoms. The van der Waals surface area contributed by atoms with Crippen LogP contribution in [0.5, 0.6) is 17.2 Å². The van der Waals surface area contributed by atoms with Crippen molar-refractivity contribution in [3.63, 3.8) is 0 Å². The predicted molar refractivity (Wildman–Crippen MR) is 141 cm³/mol. The molecular formula is C30H36O8. The zero-order valence-corrected chi connectivity index (χ0v) is 23.3. The first kappa shape index (κ1) is 27.5. The number of aryl methyl sites for hydroxylation is 3. The van der Waals surface area contributed by atoms with E-state index in [9.17, 15) is 9.59 Å². The lowest BCUT2D eigenvalue weighted by Gasteiger charge is -2.36. The fraction of sp³-hybridized carbons (Fsp3) is 0.467. The van der Waals surface area contributed by atoms with Crippen LogP contribution in [0.25, 0.3) is 0 Å². The van der Waals surface area contributed by atoms with Gasteiger partial charge in [0.1, 0.15) is 6.10 Å². The number of benzene rings is 2. The third-order valence-electron chi connectivity index (χ3n) is 7.77. The van der Waals surface area contributed by atoms with Gasteiger partial charge in [0.25, 0.3) is 0 Å². The lowest BCUT2D eigenvalue weighted by molar-refractivity contribution is -0.169. The van der Waals surface area contributed by atoms with Gasteiger partial charge in [-0.3, -0.25) is 9.59 Å². The third kappa shape index (κ3) is 4.51. The molecule has 0 bridgehead atoms. The van der Waals surface area contributed by atoms with Gasteiger partial charge in [-0.05, 0) is 68.0 Å². The minimum Gasteiger partial charge on any atom is -0.493 e. The highest BCUT2D eigenvalue weighted by atomic mass is 16.5. The molecule has 1 fully saturated rings. The molecule has 0 radical (unpaired) electrons. The van der Waals surface area contributed by atoms with Crippen LogP contribution in [-0.4, -0.2) is 47.5 Å². The normalized spacial score (nSPS) is 21.7. The van der Waals surface area contributed by atoms with E-state index >= 15 is 0 Å². The molecule has 204 valence electrons. The maximum Gasteiger partial charge on any atom is 0.323 e. The smallest absolute Gasteiger partial charge is 0.323 e. The van der Waals surface area contributed by atoms with Crippen molar-refractivity contribution in [1.82, 2.24) is 0 Å². The van der Waals surface area contributed by atoms with Crippen LogP contribution in [-0.2, 0) is 23.8 Å². The molecule has 2 aliphatic rings. The van der Waals surface area contributed by atoms with Gasteiger partial charge in [-0.25, -0.2) is 0 Å². The first-order chi connectivity index (χ1) is 18.1. The molecule has 1 saturated carbocycles. The Labute approximate surface area is 223 Å². The van der Waals surface area contributed by atoms with Crippen LogP contribution in [0.15, 0.2) is 35.9 Å². The van der Waals surface area contributed by atoms with Gasteiger partial charge in [0.15, 0.2) is 16.9 Å². The zero-order chi connectivity index (χ0) is 27.8. The van der Waals surface area contributed by atoms with Crippen molar-refractivity contribution in [2.24, 2.45) is 11.3 Å². The van der Waals surface area contributed by atoms with Gasteiger partial charge in [-0.2, -0.15) is 0 Å². The highest BCUT2D eigenvalue weighted by Crippen LogP contribution is 2.57. The van der Waals surface area contributed by atoms with Gasteiger partial charge in [0.05, 0.1) is 41.7 Å². The number of fused-ring (bicyclic) bond motifs is 1. The SMILES string of the molecule is COC(=O)C1(C(=O)OC)CC2=C[C@@H](c3c(C)cc(C)cc3C)O[C@H](c3cc(OC)c(OC)c(OC)c3)[C@@H]2C1. The van der Waals surface area contributed by atoms with Crippen molar-refractivity contribution in [3.8, 4) is 17.2 Å². The van der Waals surface area contributed by atoms with E-state index in [0.717, 1.165) is 27.8 Å². The molecule has 0 spiro atoms. The van der Waals surface area contributed by atoms with Gasteiger partial charge >= 0.3 is 11.9 Å². The van der Waals surface area contributed by atoms with Crippen molar-refractivity contribution in [3.05, 3.63) is 63.7 Å². The Hall–Kier alpha value is -3.52. The average Bonchev–Trinajstić information content (AvgIpc) is 3.31. The Kier molecular flexibility index (Phi) is 7.74. The maximum atomic E-state index is 13.1. The van der Waals surface area contributed by atoms with E-state index in [1.165, 1.54) is 19.8 Å². The number of hydrogen-bond donors (Lipinski definition) is 0. The molecule has 38 heavy (non-hydrogen) atoms. The highest BCUT2D eigenvalue weighted by Gasteiger charge is 2.58. The monoisotopic (exact) mass is 524 g/mol. The zero-order valence-electron chi connectivity index (χ0n) is 23.3. The van der Waals surface area contributed by atoms with Crippen LogP contribution in [0.4, 0.5) is 0 Å². The lowest BCUT2D eigenvalue weighted by Crippen LogP contribution is -2.39. The number of methoxy groups -OCH3 is 5. The van der Waals surface area contributed by atoms with Gasteiger partial charge in [-0.15, -0.1) is 0 Å². The van der Waals surface area contributed by atoms with E-state index in [1.54, 1.807) is 21.3 Å². The summed E-state index contributed by atoms with van der Waals surface area (Å²) in [6.07, 6.45) is 1.54. The van der Waals surface area contributed by atoms with E-state index < -0.39 is 29.6 Å². The Morgan fingerprint density at radius 3 is 1.87 bits per heavy atom. The van der Waals surface area contributed by atoms with Crippen molar-refractivity contribution in [1.29, 1.82) is 0 Å². The van der Waals surface area contributed by atoms with E-state index in [1.807, 2.05) is 12.1 Å². The first-order valence-electron chi connectivity index (χ1n) is 12.5. The second-order valence-electron chi connectivity index (χ2n) is 10.0. The van der Waals surface area contributed by atoms with E-state index in [2.05, 4.69) is 39.0 Å². The molecule has 3 atom stereocenters. The highest BCUT2D eigenvalue weighted by molar-refractivity contribution is 6.01. The minimum atomic E-state index is -1.45. The molecular weight excluding hydrogens is 488 g/mol. The van der Waals surface area contributed by atoms with Crippen molar-refractivity contribution < 1.29 is 38.0 Å². The number of hydrogen-bond acceptors (Lipinski definition) is 8. The molecule has 0 saturated heterocycles.